The Labute approximate surface area is 304 Å². The topological polar surface area (TPSA) is 53.4 Å². The second-order valence-corrected chi connectivity index (χ2v) is 14.6. The third kappa shape index (κ3) is 4.92. The molecule has 0 saturated carbocycles. The molecular weight excluding hydrogens is 635 g/mol. The Kier molecular flexibility index (Phi) is 7.05. The van der Waals surface area contributed by atoms with Gasteiger partial charge in [-0.1, -0.05) is 147 Å². The summed E-state index contributed by atoms with van der Waals surface area (Å²) >= 11 is 0. The van der Waals surface area contributed by atoms with Crippen LogP contribution in [0.3, 0.4) is 0 Å². The van der Waals surface area contributed by atoms with Crippen LogP contribution in [0.25, 0.3) is 49.9 Å². The van der Waals surface area contributed by atoms with Gasteiger partial charge in [-0.3, -0.25) is 9.88 Å². The second kappa shape index (κ2) is 12.0. The normalized spacial score (nSPS) is 18.8. The van der Waals surface area contributed by atoms with Gasteiger partial charge in [-0.15, -0.1) is 0 Å². The van der Waals surface area contributed by atoms with Crippen LogP contribution in [0.2, 0.25) is 0 Å². The molecule has 0 fully saturated rings. The third-order valence-electron chi connectivity index (χ3n) is 11.1. The van der Waals surface area contributed by atoms with Gasteiger partial charge in [0.05, 0.1) is 11.0 Å². The Hall–Kier alpha value is -6.17. The van der Waals surface area contributed by atoms with Gasteiger partial charge < -0.3 is 10.6 Å². The van der Waals surface area contributed by atoms with Gasteiger partial charge in [-0.25, -0.2) is 4.99 Å². The summed E-state index contributed by atoms with van der Waals surface area (Å²) in [5, 5.41) is 13.8. The highest BCUT2D eigenvalue weighted by Crippen LogP contribution is 2.51. The molecule has 7 aromatic rings. The minimum absolute atomic E-state index is 0.0755. The monoisotopic (exact) mass is 673 g/mol. The molecule has 0 radical (unpaired) electrons. The number of allylic oxidation sites excluding steroid dienone is 2. The average Bonchev–Trinajstić information content (AvgIpc) is 3.65. The maximum Gasteiger partial charge on any atom is 0.131 e. The van der Waals surface area contributed by atoms with Crippen LogP contribution in [0.4, 0.5) is 0 Å². The first-order valence-corrected chi connectivity index (χ1v) is 18.2. The van der Waals surface area contributed by atoms with E-state index in [2.05, 4.69) is 186 Å². The molecule has 5 nitrogen and oxygen atoms in total. The zero-order valence-electron chi connectivity index (χ0n) is 29.3. The van der Waals surface area contributed by atoms with Crippen molar-refractivity contribution in [3.05, 3.63) is 186 Å². The highest BCUT2D eigenvalue weighted by atomic mass is 15.3. The number of aliphatic imine (C=N–C) groups is 1. The van der Waals surface area contributed by atoms with Crippen molar-refractivity contribution in [1.82, 2.24) is 20.5 Å². The van der Waals surface area contributed by atoms with E-state index in [1.807, 2.05) is 6.07 Å². The number of amidine groups is 1. The molecule has 2 aliphatic heterocycles. The second-order valence-electron chi connectivity index (χ2n) is 14.6. The molecule has 1 aliphatic carbocycles. The number of rotatable bonds is 5. The predicted octanol–water partition coefficient (Wildman–Crippen LogP) is 9.76. The van der Waals surface area contributed by atoms with Crippen LogP contribution in [-0.4, -0.2) is 23.1 Å². The van der Waals surface area contributed by atoms with Crippen molar-refractivity contribution in [3.63, 3.8) is 0 Å². The number of nitrogens with one attached hydrogen (secondary N) is 3. The number of dihydropyridines is 1. The lowest BCUT2D eigenvalue weighted by molar-refractivity contribution is 0.427. The number of hydrogen-bond donors (Lipinski definition) is 3. The fourth-order valence-electron chi connectivity index (χ4n) is 8.43. The molecule has 0 bridgehead atoms. The molecule has 3 N–H and O–H groups in total. The standard InChI is InChI=1S/C47H39N5/c1-47(2)39-21-13-12-20-35(39)37-27-38-36-24-22-33(30-14-6-3-7-15-30)26-41(36)52(42(38)28-40(37)47)43-25-23-34(29-48-43)46-50-44(31-16-8-4-9-17-31)49-45(51-46)32-18-10-5-11-19-32/h3-28,44,46,48,50H,29H2,1-2H3,(H,49,51). The van der Waals surface area contributed by atoms with E-state index in [9.17, 15) is 0 Å². The lowest BCUT2D eigenvalue weighted by Gasteiger charge is -2.34. The van der Waals surface area contributed by atoms with Crippen LogP contribution in [0.5, 0.6) is 0 Å². The number of fused-ring (bicyclic) bond motifs is 6. The number of hydrogen-bond acceptors (Lipinski definition) is 4. The van der Waals surface area contributed by atoms with Gasteiger partial charge in [0.25, 0.3) is 0 Å². The van der Waals surface area contributed by atoms with Crippen LogP contribution < -0.4 is 16.0 Å². The first-order chi connectivity index (χ1) is 25.5. The van der Waals surface area contributed by atoms with Crippen molar-refractivity contribution in [3.8, 4) is 22.3 Å². The summed E-state index contributed by atoms with van der Waals surface area (Å²) in [6, 6.07) is 52.3. The maximum atomic E-state index is 5.21. The maximum absolute atomic E-state index is 5.21. The lowest BCUT2D eigenvalue weighted by atomic mass is 9.82. The first kappa shape index (κ1) is 30.6. The number of aromatic nitrogens is 1. The molecule has 6 aromatic carbocycles. The summed E-state index contributed by atoms with van der Waals surface area (Å²) < 4.78 is 2.44. The van der Waals surface area contributed by atoms with Crippen LogP contribution in [0.1, 0.15) is 42.3 Å². The zero-order valence-corrected chi connectivity index (χ0v) is 29.3. The first-order valence-electron chi connectivity index (χ1n) is 18.2. The summed E-state index contributed by atoms with van der Waals surface area (Å²) in [5.74, 6) is 1.95. The summed E-state index contributed by atoms with van der Waals surface area (Å²) in [6.45, 7) is 5.38. The van der Waals surface area contributed by atoms with Crippen molar-refractivity contribution >= 4 is 33.5 Å². The highest BCUT2D eigenvalue weighted by Gasteiger charge is 2.36. The van der Waals surface area contributed by atoms with Crippen LogP contribution >= 0.6 is 0 Å². The molecule has 2 atom stereocenters. The van der Waals surface area contributed by atoms with E-state index in [0.29, 0.717) is 6.54 Å². The molecule has 3 heterocycles. The Morgan fingerprint density at radius 2 is 1.31 bits per heavy atom. The van der Waals surface area contributed by atoms with Crippen LogP contribution in [-0.2, 0) is 5.41 Å². The molecule has 2 unspecified atom stereocenters. The van der Waals surface area contributed by atoms with Crippen molar-refractivity contribution in [2.24, 2.45) is 4.99 Å². The molecule has 52 heavy (non-hydrogen) atoms. The Morgan fingerprint density at radius 1 is 0.615 bits per heavy atom. The van der Waals surface area contributed by atoms with Crippen LogP contribution in [0.15, 0.2) is 168 Å². The molecule has 3 aliphatic rings. The average molecular weight is 674 g/mol. The van der Waals surface area contributed by atoms with Crippen molar-refractivity contribution in [2.75, 3.05) is 6.54 Å². The van der Waals surface area contributed by atoms with Gasteiger partial charge in [0, 0.05) is 28.3 Å². The quantitative estimate of drug-likeness (QED) is 0.171. The van der Waals surface area contributed by atoms with Gasteiger partial charge in [-0.2, -0.15) is 0 Å². The smallest absolute Gasteiger partial charge is 0.131 e. The Morgan fingerprint density at radius 3 is 2.06 bits per heavy atom. The minimum Gasteiger partial charge on any atom is -0.367 e. The lowest BCUT2D eigenvalue weighted by Crippen LogP contribution is -2.50. The molecule has 252 valence electrons. The molecule has 1 aromatic heterocycles. The van der Waals surface area contributed by atoms with Crippen LogP contribution in [0, 0.1) is 0 Å². The van der Waals surface area contributed by atoms with E-state index < -0.39 is 0 Å². The Bertz CT molecular complexity index is 2590. The summed E-state index contributed by atoms with van der Waals surface area (Å²) in [6.07, 6.45) is 4.22. The minimum atomic E-state index is -0.197. The van der Waals surface area contributed by atoms with E-state index in [0.717, 1.165) is 17.2 Å². The molecule has 5 heteroatoms. The summed E-state index contributed by atoms with van der Waals surface area (Å²) in [5.41, 5.74) is 13.6. The zero-order chi connectivity index (χ0) is 34.8. The van der Waals surface area contributed by atoms with E-state index in [1.54, 1.807) is 0 Å². The predicted molar refractivity (Wildman–Crippen MR) is 215 cm³/mol. The molecule has 0 amide bonds. The number of nitrogens with zero attached hydrogens (tertiary/aromatic N) is 2. The fourth-order valence-corrected chi connectivity index (χ4v) is 8.43. The van der Waals surface area contributed by atoms with E-state index >= 15 is 0 Å². The highest BCUT2D eigenvalue weighted by molar-refractivity contribution is 6.13. The summed E-state index contributed by atoms with van der Waals surface area (Å²) in [4.78, 5) is 5.21. The third-order valence-corrected chi connectivity index (χ3v) is 11.1. The molecular formula is C47H39N5. The molecule has 0 spiro atoms. The molecule has 0 saturated heterocycles. The molecule has 10 rings (SSSR count). The SMILES string of the molecule is CC1(C)c2ccccc2-c2cc3c4ccc(-c5ccccc5)cc4n(C4=CC=C(C5N=C(c6ccccc6)NC(c6ccccc6)N5)CN4)c3cc21. The van der Waals surface area contributed by atoms with Gasteiger partial charge in [0.15, 0.2) is 0 Å². The van der Waals surface area contributed by atoms with Gasteiger partial charge >= 0.3 is 0 Å². The van der Waals surface area contributed by atoms with E-state index in [-0.39, 0.29) is 17.7 Å². The Balaban J connectivity index is 1.12. The van der Waals surface area contributed by atoms with Gasteiger partial charge in [-0.05, 0) is 68.8 Å². The van der Waals surface area contributed by atoms with Crippen molar-refractivity contribution in [1.29, 1.82) is 0 Å². The van der Waals surface area contributed by atoms with E-state index in [1.165, 1.54) is 66.3 Å². The largest absolute Gasteiger partial charge is 0.367 e. The number of benzene rings is 6. The van der Waals surface area contributed by atoms with E-state index in [4.69, 9.17) is 4.99 Å². The fraction of sp³-hybridized carbons (Fsp3) is 0.128. The van der Waals surface area contributed by atoms with Crippen molar-refractivity contribution < 1.29 is 0 Å². The van der Waals surface area contributed by atoms with Crippen molar-refractivity contribution in [2.45, 2.75) is 31.6 Å². The summed E-state index contributed by atoms with van der Waals surface area (Å²) in [7, 11) is 0. The van der Waals surface area contributed by atoms with Gasteiger partial charge in [0.2, 0.25) is 0 Å². The van der Waals surface area contributed by atoms with Gasteiger partial charge in [0.1, 0.15) is 24.0 Å².